The monoisotopic (exact) mass is 371 g/mol. The van der Waals surface area contributed by atoms with E-state index in [2.05, 4.69) is 10.1 Å². The number of aromatic nitrogens is 2. The summed E-state index contributed by atoms with van der Waals surface area (Å²) in [7, 11) is -3.60. The van der Waals surface area contributed by atoms with Crippen LogP contribution in [0, 0.1) is 13.8 Å². The normalized spacial score (nSPS) is 17.1. The Hall–Kier alpha value is -1.64. The molecule has 24 heavy (non-hydrogen) atoms. The lowest BCUT2D eigenvalue weighted by atomic mass is 10.1. The Morgan fingerprint density at radius 3 is 2.62 bits per heavy atom. The molecule has 0 atom stereocenters. The van der Waals surface area contributed by atoms with Crippen molar-refractivity contribution in [1.29, 1.82) is 0 Å². The van der Waals surface area contributed by atoms with Crippen LogP contribution in [0.4, 0.5) is 0 Å². The van der Waals surface area contributed by atoms with Crippen LogP contribution in [0.5, 0.6) is 5.75 Å². The fourth-order valence-corrected chi connectivity index (χ4v) is 4.72. The number of ether oxygens (including phenoxy) is 1. The number of hydrogen-bond acceptors (Lipinski definition) is 6. The van der Waals surface area contributed by atoms with E-state index in [0.717, 1.165) is 0 Å². The van der Waals surface area contributed by atoms with Crippen LogP contribution < -0.4 is 4.74 Å². The lowest BCUT2D eigenvalue weighted by Crippen LogP contribution is -2.42. The van der Waals surface area contributed by atoms with Crippen LogP contribution >= 0.6 is 11.6 Å². The Bertz CT molecular complexity index is 809. The molecule has 2 aromatic rings. The first-order chi connectivity index (χ1) is 11.4. The molecule has 3 heterocycles. The Balaban J connectivity index is 1.68. The van der Waals surface area contributed by atoms with Crippen LogP contribution in [0.3, 0.4) is 0 Å². The van der Waals surface area contributed by atoms with Crippen molar-refractivity contribution >= 4 is 21.6 Å². The summed E-state index contributed by atoms with van der Waals surface area (Å²) in [4.78, 5) is 4.08. The van der Waals surface area contributed by atoms with E-state index in [4.69, 9.17) is 20.9 Å². The van der Waals surface area contributed by atoms with Gasteiger partial charge < -0.3 is 9.26 Å². The van der Waals surface area contributed by atoms with E-state index in [-0.39, 0.29) is 11.0 Å². The van der Waals surface area contributed by atoms with Crippen molar-refractivity contribution in [3.63, 3.8) is 0 Å². The van der Waals surface area contributed by atoms with E-state index >= 15 is 0 Å². The summed E-state index contributed by atoms with van der Waals surface area (Å²) in [5.41, 5.74) is 0.384. The summed E-state index contributed by atoms with van der Waals surface area (Å²) >= 11 is 6.04. The first-order valence-electron chi connectivity index (χ1n) is 7.59. The molecule has 0 bridgehead atoms. The minimum atomic E-state index is -3.60. The Morgan fingerprint density at radius 1 is 1.33 bits per heavy atom. The van der Waals surface area contributed by atoms with Gasteiger partial charge in [-0.05, 0) is 26.7 Å². The van der Waals surface area contributed by atoms with Gasteiger partial charge in [0.15, 0.2) is 5.76 Å². The zero-order valence-corrected chi connectivity index (χ0v) is 15.0. The predicted molar refractivity (Wildman–Crippen MR) is 87.6 cm³/mol. The molecule has 1 fully saturated rings. The maximum absolute atomic E-state index is 12.8. The molecule has 0 unspecified atom stereocenters. The van der Waals surface area contributed by atoms with Crippen LogP contribution in [0.2, 0.25) is 5.02 Å². The van der Waals surface area contributed by atoms with Crippen molar-refractivity contribution in [3.05, 3.63) is 34.9 Å². The van der Waals surface area contributed by atoms with Crippen molar-refractivity contribution in [2.24, 2.45) is 0 Å². The topological polar surface area (TPSA) is 85.5 Å². The predicted octanol–water partition coefficient (Wildman–Crippen LogP) is 2.57. The zero-order chi connectivity index (χ0) is 17.3. The van der Waals surface area contributed by atoms with E-state index in [1.54, 1.807) is 26.1 Å². The number of rotatable bonds is 4. The molecule has 2 aromatic heterocycles. The smallest absolute Gasteiger partial charge is 0.248 e. The second kappa shape index (κ2) is 6.70. The molecule has 0 radical (unpaired) electrons. The van der Waals surface area contributed by atoms with Crippen LogP contribution in [0.25, 0.3) is 0 Å². The highest BCUT2D eigenvalue weighted by molar-refractivity contribution is 7.89. The average molecular weight is 372 g/mol. The van der Waals surface area contributed by atoms with Crippen LogP contribution in [0.1, 0.15) is 24.3 Å². The quantitative estimate of drug-likeness (QED) is 0.821. The summed E-state index contributed by atoms with van der Waals surface area (Å²) in [6, 6.07) is 1.70. The van der Waals surface area contributed by atoms with Gasteiger partial charge in [0.25, 0.3) is 0 Å². The molecule has 1 aliphatic rings. The molecule has 3 rings (SSSR count). The zero-order valence-electron chi connectivity index (χ0n) is 13.4. The summed E-state index contributed by atoms with van der Waals surface area (Å²) in [5.74, 6) is 0.883. The fourth-order valence-electron chi connectivity index (χ4n) is 2.80. The second-order valence-electron chi connectivity index (χ2n) is 5.68. The molecule has 0 aromatic carbocycles. The molecule has 0 saturated carbocycles. The number of sulfonamides is 1. The molecule has 1 aliphatic heterocycles. The van der Waals surface area contributed by atoms with Crippen molar-refractivity contribution in [2.75, 3.05) is 13.1 Å². The Morgan fingerprint density at radius 2 is 2.04 bits per heavy atom. The van der Waals surface area contributed by atoms with Gasteiger partial charge in [0.2, 0.25) is 10.0 Å². The summed E-state index contributed by atoms with van der Waals surface area (Å²) in [5, 5.41) is 4.18. The Labute approximate surface area is 145 Å². The first kappa shape index (κ1) is 17.2. The molecule has 0 aliphatic carbocycles. The third kappa shape index (κ3) is 3.26. The molecule has 0 amide bonds. The van der Waals surface area contributed by atoms with E-state index in [1.165, 1.54) is 10.5 Å². The average Bonchev–Trinajstić information content (AvgIpc) is 2.89. The number of pyridine rings is 1. The molecule has 7 nitrogen and oxygen atoms in total. The number of hydrogen-bond donors (Lipinski definition) is 0. The minimum absolute atomic E-state index is 0.0824. The number of halogens is 1. The summed E-state index contributed by atoms with van der Waals surface area (Å²) < 4.78 is 37.8. The minimum Gasteiger partial charge on any atom is -0.489 e. The lowest BCUT2D eigenvalue weighted by molar-refractivity contribution is 0.135. The lowest BCUT2D eigenvalue weighted by Gasteiger charge is -2.31. The van der Waals surface area contributed by atoms with Crippen LogP contribution in [-0.2, 0) is 10.0 Å². The standard InChI is InChI=1S/C15H18ClN3O4S/c1-10-15(11(2)23-18-10)24(20,21)19-7-4-12(5-8-19)22-14-3-6-17-9-13(14)16/h3,6,9,12H,4-5,7-8H2,1-2H3. The van der Waals surface area contributed by atoms with Crippen molar-refractivity contribution in [2.45, 2.75) is 37.7 Å². The molecular formula is C15H18ClN3O4S. The van der Waals surface area contributed by atoms with Gasteiger partial charge >= 0.3 is 0 Å². The fraction of sp³-hybridized carbons (Fsp3) is 0.467. The van der Waals surface area contributed by atoms with Gasteiger partial charge in [-0.15, -0.1) is 0 Å². The van der Waals surface area contributed by atoms with Gasteiger partial charge in [0.1, 0.15) is 27.5 Å². The number of nitrogens with zero attached hydrogens (tertiary/aromatic N) is 3. The van der Waals surface area contributed by atoms with Gasteiger partial charge in [0, 0.05) is 31.5 Å². The molecule has 130 valence electrons. The van der Waals surface area contributed by atoms with Gasteiger partial charge in [-0.1, -0.05) is 16.8 Å². The molecular weight excluding hydrogens is 354 g/mol. The third-order valence-corrected chi connectivity index (χ3v) is 6.42. The highest BCUT2D eigenvalue weighted by Gasteiger charge is 2.34. The van der Waals surface area contributed by atoms with Crippen molar-refractivity contribution in [1.82, 2.24) is 14.4 Å². The SMILES string of the molecule is Cc1noc(C)c1S(=O)(=O)N1CCC(Oc2ccncc2Cl)CC1. The molecule has 9 heteroatoms. The Kier molecular flexibility index (Phi) is 4.80. The molecule has 1 saturated heterocycles. The summed E-state index contributed by atoms with van der Waals surface area (Å²) in [6.45, 7) is 3.98. The van der Waals surface area contributed by atoms with E-state index in [9.17, 15) is 8.42 Å². The van der Waals surface area contributed by atoms with Crippen LogP contribution in [-0.4, -0.2) is 42.1 Å². The highest BCUT2D eigenvalue weighted by atomic mass is 35.5. The number of aryl methyl sites for hydroxylation is 2. The van der Waals surface area contributed by atoms with Crippen molar-refractivity contribution in [3.8, 4) is 5.75 Å². The largest absolute Gasteiger partial charge is 0.489 e. The van der Waals surface area contributed by atoms with Gasteiger partial charge in [0.05, 0.1) is 0 Å². The van der Waals surface area contributed by atoms with E-state index in [0.29, 0.717) is 48.2 Å². The van der Waals surface area contributed by atoms with Gasteiger partial charge in [-0.25, -0.2) is 8.42 Å². The van der Waals surface area contributed by atoms with Crippen molar-refractivity contribution < 1.29 is 17.7 Å². The van der Waals surface area contributed by atoms with E-state index in [1.807, 2.05) is 0 Å². The summed E-state index contributed by atoms with van der Waals surface area (Å²) in [6.07, 6.45) is 4.22. The molecule has 0 N–H and O–H groups in total. The van der Waals surface area contributed by atoms with Crippen LogP contribution in [0.15, 0.2) is 27.9 Å². The van der Waals surface area contributed by atoms with Gasteiger partial charge in [-0.2, -0.15) is 4.31 Å². The molecule has 0 spiro atoms. The number of piperidine rings is 1. The van der Waals surface area contributed by atoms with Gasteiger partial charge in [-0.3, -0.25) is 4.98 Å². The highest BCUT2D eigenvalue weighted by Crippen LogP contribution is 2.29. The van der Waals surface area contributed by atoms with E-state index < -0.39 is 10.0 Å². The first-order valence-corrected chi connectivity index (χ1v) is 9.40. The maximum Gasteiger partial charge on any atom is 0.248 e. The second-order valence-corrected chi connectivity index (χ2v) is 7.96. The third-order valence-electron chi connectivity index (χ3n) is 4.00. The maximum atomic E-state index is 12.8.